The van der Waals surface area contributed by atoms with Gasteiger partial charge in [0.15, 0.2) is 0 Å². The van der Waals surface area contributed by atoms with Crippen LogP contribution in [0.3, 0.4) is 0 Å². The highest BCUT2D eigenvalue weighted by Crippen LogP contribution is 2.18. The zero-order valence-corrected chi connectivity index (χ0v) is 7.00. The van der Waals surface area contributed by atoms with Crippen molar-refractivity contribution in [2.75, 3.05) is 0 Å². The molecular weight excluding hydrogens is 140 g/mol. The summed E-state index contributed by atoms with van der Waals surface area (Å²) in [5.74, 6) is 0. The molecule has 0 saturated carbocycles. The summed E-state index contributed by atoms with van der Waals surface area (Å²) in [5.41, 5.74) is 0.736. The first-order valence-corrected chi connectivity index (χ1v) is 3.51. The summed E-state index contributed by atoms with van der Waals surface area (Å²) in [6.07, 6.45) is 3.14. The lowest BCUT2D eigenvalue weighted by atomic mass is 10.0. The molecule has 0 aliphatic rings. The average Bonchev–Trinajstić information content (AvgIpc) is 1.86. The highest BCUT2D eigenvalue weighted by atomic mass is 16.3. The summed E-state index contributed by atoms with van der Waals surface area (Å²) in [5, 5.41) is 9.58. The van der Waals surface area contributed by atoms with Gasteiger partial charge in [0.25, 0.3) is 0 Å². The second-order valence-electron chi connectivity index (χ2n) is 3.11. The van der Waals surface area contributed by atoms with Crippen molar-refractivity contribution in [3.63, 3.8) is 0 Å². The highest BCUT2D eigenvalue weighted by Gasteiger charge is 2.19. The van der Waals surface area contributed by atoms with Crippen LogP contribution in [0.5, 0.6) is 0 Å². The number of aliphatic hydroxyl groups is 1. The molecule has 0 bridgehead atoms. The third-order valence-corrected chi connectivity index (χ3v) is 1.47. The quantitative estimate of drug-likeness (QED) is 0.653. The Morgan fingerprint density at radius 1 is 1.45 bits per heavy atom. The molecule has 0 aliphatic carbocycles. The molecule has 0 unspecified atom stereocenters. The number of aromatic nitrogens is 2. The van der Waals surface area contributed by atoms with Crippen LogP contribution in [0.15, 0.2) is 12.5 Å². The van der Waals surface area contributed by atoms with Crippen LogP contribution in [0.25, 0.3) is 0 Å². The van der Waals surface area contributed by atoms with Crippen LogP contribution in [-0.2, 0) is 5.60 Å². The molecule has 1 rings (SSSR count). The van der Waals surface area contributed by atoms with E-state index in [2.05, 4.69) is 9.97 Å². The minimum Gasteiger partial charge on any atom is -0.384 e. The molecule has 0 spiro atoms. The Kier molecular flexibility index (Phi) is 1.91. The van der Waals surface area contributed by atoms with Crippen LogP contribution >= 0.6 is 0 Å². The van der Waals surface area contributed by atoms with Crippen LogP contribution < -0.4 is 0 Å². The van der Waals surface area contributed by atoms with E-state index in [1.165, 1.54) is 6.33 Å². The minimum atomic E-state index is -0.868. The number of nitrogens with zero attached hydrogens (tertiary/aromatic N) is 2. The molecule has 0 amide bonds. The topological polar surface area (TPSA) is 46.0 Å². The van der Waals surface area contributed by atoms with E-state index in [0.717, 1.165) is 5.56 Å². The van der Waals surface area contributed by atoms with E-state index in [0.29, 0.717) is 5.69 Å². The maximum absolute atomic E-state index is 9.58. The van der Waals surface area contributed by atoms with Crippen LogP contribution in [0.1, 0.15) is 25.1 Å². The Labute approximate surface area is 66.1 Å². The predicted octanol–water partition coefficient (Wildman–Crippen LogP) is 1.01. The molecule has 0 fully saturated rings. The van der Waals surface area contributed by atoms with Crippen molar-refractivity contribution in [2.45, 2.75) is 26.4 Å². The minimum absolute atomic E-state index is 0.688. The summed E-state index contributed by atoms with van der Waals surface area (Å²) in [6, 6.07) is 0. The third-order valence-electron chi connectivity index (χ3n) is 1.47. The molecule has 1 aromatic heterocycles. The van der Waals surface area contributed by atoms with Crippen molar-refractivity contribution in [3.8, 4) is 0 Å². The summed E-state index contributed by atoms with van der Waals surface area (Å²) in [4.78, 5) is 7.82. The second-order valence-corrected chi connectivity index (χ2v) is 3.11. The van der Waals surface area contributed by atoms with Crippen molar-refractivity contribution in [1.29, 1.82) is 0 Å². The summed E-state index contributed by atoms with van der Waals surface area (Å²) >= 11 is 0. The van der Waals surface area contributed by atoms with Crippen molar-refractivity contribution >= 4 is 0 Å². The van der Waals surface area contributed by atoms with Crippen molar-refractivity contribution in [3.05, 3.63) is 23.8 Å². The van der Waals surface area contributed by atoms with E-state index >= 15 is 0 Å². The van der Waals surface area contributed by atoms with Crippen molar-refractivity contribution in [1.82, 2.24) is 9.97 Å². The Morgan fingerprint density at radius 2 is 2.09 bits per heavy atom. The Bertz CT molecular complexity index is 253. The van der Waals surface area contributed by atoms with Gasteiger partial charge in [-0.3, -0.25) is 0 Å². The van der Waals surface area contributed by atoms with Gasteiger partial charge in [-0.05, 0) is 26.3 Å². The molecule has 0 aliphatic heterocycles. The van der Waals surface area contributed by atoms with Crippen molar-refractivity contribution < 1.29 is 5.11 Å². The summed E-state index contributed by atoms with van der Waals surface area (Å²) in [7, 11) is 0. The highest BCUT2D eigenvalue weighted by molar-refractivity contribution is 5.18. The van der Waals surface area contributed by atoms with Crippen LogP contribution in [0.2, 0.25) is 0 Å². The molecule has 60 valence electrons. The lowest BCUT2D eigenvalue weighted by molar-refractivity contribution is 0.0729. The summed E-state index contributed by atoms with van der Waals surface area (Å²) < 4.78 is 0. The lowest BCUT2D eigenvalue weighted by Crippen LogP contribution is -2.19. The van der Waals surface area contributed by atoms with Gasteiger partial charge in [0.05, 0.1) is 5.69 Å². The van der Waals surface area contributed by atoms with E-state index in [1.54, 1.807) is 20.0 Å². The zero-order valence-electron chi connectivity index (χ0n) is 7.00. The number of rotatable bonds is 1. The number of hydrogen-bond acceptors (Lipinski definition) is 3. The standard InChI is InChI=1S/C8H12N2O/c1-6-4-9-5-10-7(6)8(2,3)11/h4-5,11H,1-3H3. The first kappa shape index (κ1) is 8.14. The van der Waals surface area contributed by atoms with Gasteiger partial charge in [0.1, 0.15) is 11.9 Å². The van der Waals surface area contributed by atoms with Gasteiger partial charge in [-0.15, -0.1) is 0 Å². The first-order valence-electron chi connectivity index (χ1n) is 3.51. The molecule has 3 nitrogen and oxygen atoms in total. The van der Waals surface area contributed by atoms with Gasteiger partial charge >= 0.3 is 0 Å². The van der Waals surface area contributed by atoms with Crippen LogP contribution in [-0.4, -0.2) is 15.1 Å². The molecule has 0 radical (unpaired) electrons. The van der Waals surface area contributed by atoms with Gasteiger partial charge < -0.3 is 5.11 Å². The molecule has 1 aromatic rings. The van der Waals surface area contributed by atoms with Gasteiger partial charge in [0, 0.05) is 6.20 Å². The third kappa shape index (κ3) is 1.74. The fourth-order valence-corrected chi connectivity index (χ4v) is 1.04. The van der Waals surface area contributed by atoms with E-state index in [4.69, 9.17) is 0 Å². The largest absolute Gasteiger partial charge is 0.384 e. The van der Waals surface area contributed by atoms with Crippen molar-refractivity contribution in [2.24, 2.45) is 0 Å². The normalized spacial score (nSPS) is 11.6. The Hall–Kier alpha value is -0.960. The molecule has 0 saturated heterocycles. The summed E-state index contributed by atoms with van der Waals surface area (Å²) in [6.45, 7) is 5.30. The SMILES string of the molecule is Cc1cncnc1C(C)(C)O. The molecule has 1 heterocycles. The lowest BCUT2D eigenvalue weighted by Gasteiger charge is -2.17. The van der Waals surface area contributed by atoms with Crippen LogP contribution in [0.4, 0.5) is 0 Å². The van der Waals surface area contributed by atoms with Gasteiger partial charge in [-0.25, -0.2) is 9.97 Å². The molecule has 0 aromatic carbocycles. The fraction of sp³-hybridized carbons (Fsp3) is 0.500. The second kappa shape index (κ2) is 2.58. The molecule has 3 heteroatoms. The molecule has 0 atom stereocenters. The van der Waals surface area contributed by atoms with Gasteiger partial charge in [-0.2, -0.15) is 0 Å². The Morgan fingerprint density at radius 3 is 2.45 bits per heavy atom. The van der Waals surface area contributed by atoms with E-state index in [-0.39, 0.29) is 0 Å². The Balaban J connectivity index is 3.14. The van der Waals surface area contributed by atoms with Gasteiger partial charge in [0.2, 0.25) is 0 Å². The predicted molar refractivity (Wildman–Crippen MR) is 42.0 cm³/mol. The van der Waals surface area contributed by atoms with Gasteiger partial charge in [-0.1, -0.05) is 0 Å². The molecular formula is C8H12N2O. The monoisotopic (exact) mass is 152 g/mol. The zero-order chi connectivity index (χ0) is 8.48. The van der Waals surface area contributed by atoms with E-state index in [9.17, 15) is 5.11 Å². The maximum atomic E-state index is 9.58. The number of aryl methyl sites for hydroxylation is 1. The van der Waals surface area contributed by atoms with E-state index in [1.807, 2.05) is 6.92 Å². The molecule has 1 N–H and O–H groups in total. The first-order chi connectivity index (χ1) is 5.02. The van der Waals surface area contributed by atoms with E-state index < -0.39 is 5.60 Å². The molecule has 11 heavy (non-hydrogen) atoms. The van der Waals surface area contributed by atoms with Crippen LogP contribution in [0, 0.1) is 6.92 Å². The smallest absolute Gasteiger partial charge is 0.115 e. The average molecular weight is 152 g/mol. The fourth-order valence-electron chi connectivity index (χ4n) is 1.04. The number of hydrogen-bond donors (Lipinski definition) is 1. The maximum Gasteiger partial charge on any atom is 0.115 e.